The molecule has 0 bridgehead atoms. The fraction of sp³-hybridized carbons (Fsp3) is 0.300. The van der Waals surface area contributed by atoms with Crippen molar-refractivity contribution in [1.29, 1.82) is 0 Å². The van der Waals surface area contributed by atoms with E-state index in [2.05, 4.69) is 5.32 Å². The van der Waals surface area contributed by atoms with E-state index >= 15 is 0 Å². The monoisotopic (exact) mass is 355 g/mol. The maximum atomic E-state index is 12.5. The number of nitrogens with one attached hydrogen (secondary N) is 2. The summed E-state index contributed by atoms with van der Waals surface area (Å²) >= 11 is 0. The number of carbonyl (C=O) groups is 2. The molecule has 0 aliphatic carbocycles. The van der Waals surface area contributed by atoms with Gasteiger partial charge in [0, 0.05) is 11.1 Å². The van der Waals surface area contributed by atoms with E-state index in [-0.39, 0.29) is 5.91 Å². The summed E-state index contributed by atoms with van der Waals surface area (Å²) in [7, 11) is 1.32. The van der Waals surface area contributed by atoms with Gasteiger partial charge in [0.25, 0.3) is 5.91 Å². The van der Waals surface area contributed by atoms with Crippen LogP contribution < -0.4 is 10.2 Å². The zero-order valence-electron chi connectivity index (χ0n) is 14.8. The number of ether oxygens (including phenoxy) is 2. The fourth-order valence-electron chi connectivity index (χ4n) is 2.97. The van der Waals surface area contributed by atoms with Gasteiger partial charge in [-0.1, -0.05) is 24.3 Å². The van der Waals surface area contributed by atoms with Gasteiger partial charge in [-0.15, -0.1) is 0 Å². The van der Waals surface area contributed by atoms with Crippen LogP contribution in [0, 0.1) is 0 Å². The minimum Gasteiger partial charge on any atom is -0.465 e. The van der Waals surface area contributed by atoms with Gasteiger partial charge in [0.2, 0.25) is 0 Å². The van der Waals surface area contributed by atoms with Gasteiger partial charge < -0.3 is 19.7 Å². The molecule has 0 unspecified atom stereocenters. The number of hydrogen-bond donors (Lipinski definition) is 2. The van der Waals surface area contributed by atoms with Gasteiger partial charge in [-0.05, 0) is 24.3 Å². The normalized spacial score (nSPS) is 14.7. The number of esters is 1. The Labute approximate surface area is 152 Å². The Morgan fingerprint density at radius 3 is 2.46 bits per heavy atom. The van der Waals surface area contributed by atoms with E-state index in [1.54, 1.807) is 24.3 Å². The highest BCUT2D eigenvalue weighted by Crippen LogP contribution is 2.17. The Balaban J connectivity index is 1.66. The Morgan fingerprint density at radius 1 is 1.08 bits per heavy atom. The van der Waals surface area contributed by atoms with E-state index in [1.165, 1.54) is 17.6 Å². The fourth-order valence-corrected chi connectivity index (χ4v) is 2.97. The number of benzene rings is 2. The number of anilines is 1. The summed E-state index contributed by atoms with van der Waals surface area (Å²) in [5.74, 6) is -0.739. The van der Waals surface area contributed by atoms with Crippen molar-refractivity contribution in [1.82, 2.24) is 0 Å². The predicted octanol–water partition coefficient (Wildman–Crippen LogP) is 1.14. The van der Waals surface area contributed by atoms with Gasteiger partial charge in [-0.3, -0.25) is 4.79 Å². The number of amides is 1. The Kier molecular flexibility index (Phi) is 5.99. The molecule has 1 saturated heterocycles. The first-order valence-corrected chi connectivity index (χ1v) is 8.66. The molecule has 1 amide bonds. The quantitative estimate of drug-likeness (QED) is 0.790. The van der Waals surface area contributed by atoms with Crippen LogP contribution in [-0.4, -0.2) is 45.3 Å². The number of rotatable bonds is 5. The van der Waals surface area contributed by atoms with Crippen molar-refractivity contribution in [3.63, 3.8) is 0 Å². The van der Waals surface area contributed by atoms with Crippen LogP contribution in [0.3, 0.4) is 0 Å². The molecule has 1 aliphatic rings. The van der Waals surface area contributed by atoms with E-state index in [4.69, 9.17) is 9.47 Å². The van der Waals surface area contributed by atoms with E-state index < -0.39 is 5.97 Å². The van der Waals surface area contributed by atoms with Crippen molar-refractivity contribution in [2.24, 2.45) is 0 Å². The van der Waals surface area contributed by atoms with Gasteiger partial charge in [-0.2, -0.15) is 0 Å². The SMILES string of the molecule is COC(=O)c1ccccc1NC(=O)c1ccc(C[NH+]2CCOCC2)cc1. The summed E-state index contributed by atoms with van der Waals surface area (Å²) in [6, 6.07) is 14.4. The molecule has 0 saturated carbocycles. The number of carbonyl (C=O) groups excluding carboxylic acids is 2. The molecule has 0 radical (unpaired) electrons. The van der Waals surface area contributed by atoms with Gasteiger partial charge in [0.15, 0.2) is 0 Å². The van der Waals surface area contributed by atoms with Crippen molar-refractivity contribution in [3.05, 3.63) is 65.2 Å². The van der Waals surface area contributed by atoms with Gasteiger partial charge in [0.05, 0.1) is 31.6 Å². The van der Waals surface area contributed by atoms with Crippen LogP contribution in [0.2, 0.25) is 0 Å². The van der Waals surface area contributed by atoms with Crippen LogP contribution >= 0.6 is 0 Å². The van der Waals surface area contributed by atoms with E-state index in [0.29, 0.717) is 16.8 Å². The number of methoxy groups -OCH3 is 1. The lowest BCUT2D eigenvalue weighted by molar-refractivity contribution is -0.921. The molecule has 2 aromatic carbocycles. The molecular formula is C20H23N2O4+. The van der Waals surface area contributed by atoms with Gasteiger partial charge >= 0.3 is 5.97 Å². The van der Waals surface area contributed by atoms with Crippen molar-refractivity contribution in [2.45, 2.75) is 6.54 Å². The third-order valence-corrected chi connectivity index (χ3v) is 4.45. The molecule has 6 heteroatoms. The van der Waals surface area contributed by atoms with Crippen molar-refractivity contribution in [3.8, 4) is 0 Å². The van der Waals surface area contributed by atoms with Crippen LogP contribution in [0.1, 0.15) is 26.3 Å². The van der Waals surface area contributed by atoms with E-state index in [0.717, 1.165) is 32.8 Å². The minimum atomic E-state index is -0.482. The molecular weight excluding hydrogens is 332 g/mol. The molecule has 6 nitrogen and oxygen atoms in total. The second-order valence-electron chi connectivity index (χ2n) is 6.23. The maximum Gasteiger partial charge on any atom is 0.339 e. The van der Waals surface area contributed by atoms with Crippen LogP contribution in [0.4, 0.5) is 5.69 Å². The highest BCUT2D eigenvalue weighted by atomic mass is 16.5. The predicted molar refractivity (Wildman–Crippen MR) is 97.4 cm³/mol. The summed E-state index contributed by atoms with van der Waals surface area (Å²) in [6.07, 6.45) is 0. The summed E-state index contributed by atoms with van der Waals surface area (Å²) in [6.45, 7) is 4.54. The Hall–Kier alpha value is -2.70. The highest BCUT2D eigenvalue weighted by molar-refractivity contribution is 6.07. The molecule has 1 aliphatic heterocycles. The molecule has 3 rings (SSSR count). The number of morpholine rings is 1. The number of hydrogen-bond acceptors (Lipinski definition) is 4. The standard InChI is InChI=1S/C20H22N2O4/c1-25-20(24)17-4-2-3-5-18(17)21-19(23)16-8-6-15(7-9-16)14-22-10-12-26-13-11-22/h2-9H,10-14H2,1H3,(H,21,23)/p+1. The molecule has 0 spiro atoms. The molecule has 1 heterocycles. The first-order chi connectivity index (χ1) is 12.7. The largest absolute Gasteiger partial charge is 0.465 e. The van der Waals surface area contributed by atoms with E-state index in [9.17, 15) is 9.59 Å². The summed E-state index contributed by atoms with van der Waals surface area (Å²) in [5, 5.41) is 2.78. The second-order valence-corrected chi connectivity index (χ2v) is 6.23. The molecule has 2 N–H and O–H groups in total. The molecule has 0 aromatic heterocycles. The molecule has 26 heavy (non-hydrogen) atoms. The molecule has 1 fully saturated rings. The number of quaternary nitrogens is 1. The third-order valence-electron chi connectivity index (χ3n) is 4.45. The lowest BCUT2D eigenvalue weighted by Gasteiger charge is -2.23. The van der Waals surface area contributed by atoms with Crippen LogP contribution in [0.5, 0.6) is 0 Å². The van der Waals surface area contributed by atoms with E-state index in [1.807, 2.05) is 24.3 Å². The average Bonchev–Trinajstić information content (AvgIpc) is 2.69. The summed E-state index contributed by atoms with van der Waals surface area (Å²) in [5.41, 5.74) is 2.50. The van der Waals surface area contributed by atoms with Crippen LogP contribution in [0.15, 0.2) is 48.5 Å². The molecule has 136 valence electrons. The smallest absolute Gasteiger partial charge is 0.339 e. The third kappa shape index (κ3) is 4.47. The number of para-hydroxylation sites is 1. The Bertz CT molecular complexity index is 768. The van der Waals surface area contributed by atoms with Gasteiger partial charge in [-0.25, -0.2) is 4.79 Å². The first kappa shape index (κ1) is 18.1. The lowest BCUT2D eigenvalue weighted by atomic mass is 10.1. The molecule has 2 aromatic rings. The highest BCUT2D eigenvalue weighted by Gasteiger charge is 2.16. The average molecular weight is 355 g/mol. The lowest BCUT2D eigenvalue weighted by Crippen LogP contribution is -3.12. The summed E-state index contributed by atoms with van der Waals surface area (Å²) < 4.78 is 10.1. The van der Waals surface area contributed by atoms with Crippen molar-refractivity contribution in [2.75, 3.05) is 38.7 Å². The zero-order chi connectivity index (χ0) is 18.4. The van der Waals surface area contributed by atoms with Crippen LogP contribution in [-0.2, 0) is 16.0 Å². The second kappa shape index (κ2) is 8.60. The Morgan fingerprint density at radius 2 is 1.77 bits per heavy atom. The molecule has 0 atom stereocenters. The minimum absolute atomic E-state index is 0.258. The zero-order valence-corrected chi connectivity index (χ0v) is 14.8. The topological polar surface area (TPSA) is 69.1 Å². The van der Waals surface area contributed by atoms with Gasteiger partial charge in [0.1, 0.15) is 19.6 Å². The first-order valence-electron chi connectivity index (χ1n) is 8.66. The van der Waals surface area contributed by atoms with Crippen molar-refractivity contribution < 1.29 is 24.0 Å². The maximum absolute atomic E-state index is 12.5. The summed E-state index contributed by atoms with van der Waals surface area (Å²) in [4.78, 5) is 25.8. The van der Waals surface area contributed by atoms with Crippen LogP contribution in [0.25, 0.3) is 0 Å². The van der Waals surface area contributed by atoms with Crippen molar-refractivity contribution >= 4 is 17.6 Å².